The number of aryl methyl sites for hydroxylation is 1. The van der Waals surface area contributed by atoms with Gasteiger partial charge in [0.25, 0.3) is 0 Å². The van der Waals surface area contributed by atoms with Crippen LogP contribution in [0.2, 0.25) is 0 Å². The van der Waals surface area contributed by atoms with Gasteiger partial charge in [-0.05, 0) is 24.5 Å². The van der Waals surface area contributed by atoms with Crippen molar-refractivity contribution in [1.29, 1.82) is 0 Å². The number of carbonyl (C=O) groups is 1. The summed E-state index contributed by atoms with van der Waals surface area (Å²) in [4.78, 5) is 14.8. The molecule has 1 heterocycles. The van der Waals surface area contributed by atoms with Crippen molar-refractivity contribution in [1.82, 2.24) is 4.98 Å². The Bertz CT molecular complexity index is 388. The van der Waals surface area contributed by atoms with Gasteiger partial charge in [-0.1, -0.05) is 12.0 Å². The van der Waals surface area contributed by atoms with Crippen LogP contribution in [0.5, 0.6) is 0 Å². The van der Waals surface area contributed by atoms with Crippen LogP contribution < -0.4 is 0 Å². The average Bonchev–Trinajstić information content (AvgIpc) is 2.20. The largest absolute Gasteiger partial charge is 0.468 e. The summed E-state index contributed by atoms with van der Waals surface area (Å²) in [5.74, 6) is 5.19. The zero-order chi connectivity index (χ0) is 10.4. The van der Waals surface area contributed by atoms with Crippen molar-refractivity contribution >= 4 is 5.97 Å². The first kappa shape index (κ1) is 10.3. The lowest BCUT2D eigenvalue weighted by atomic mass is 10.2. The quantitative estimate of drug-likeness (QED) is 0.494. The van der Waals surface area contributed by atoms with Gasteiger partial charge in [-0.3, -0.25) is 4.79 Å². The summed E-state index contributed by atoms with van der Waals surface area (Å²) in [7, 11) is 1.34. The van der Waals surface area contributed by atoms with Crippen LogP contribution in [0.4, 0.5) is 0 Å². The molecule has 1 aromatic heterocycles. The number of hydrogen-bond acceptors (Lipinski definition) is 3. The monoisotopic (exact) mass is 189 g/mol. The van der Waals surface area contributed by atoms with Crippen molar-refractivity contribution in [2.75, 3.05) is 7.11 Å². The van der Waals surface area contributed by atoms with Crippen molar-refractivity contribution in [2.24, 2.45) is 0 Å². The maximum absolute atomic E-state index is 10.7. The molecule has 72 valence electrons. The van der Waals surface area contributed by atoms with Gasteiger partial charge in [-0.25, -0.2) is 4.98 Å². The Morgan fingerprint density at radius 1 is 1.64 bits per heavy atom. The molecular formula is C11H11NO2. The molecule has 0 saturated carbocycles. The lowest BCUT2D eigenvalue weighted by Gasteiger charge is -1.93. The Kier molecular flexibility index (Phi) is 3.69. The predicted molar refractivity (Wildman–Crippen MR) is 52.5 cm³/mol. The number of esters is 1. The van der Waals surface area contributed by atoms with E-state index in [0.29, 0.717) is 5.69 Å². The van der Waals surface area contributed by atoms with Crippen LogP contribution >= 0.6 is 0 Å². The molecule has 3 heteroatoms. The van der Waals surface area contributed by atoms with E-state index in [9.17, 15) is 4.79 Å². The summed E-state index contributed by atoms with van der Waals surface area (Å²) in [5.41, 5.74) is 1.71. The summed E-state index contributed by atoms with van der Waals surface area (Å²) in [6, 6.07) is 3.77. The Hall–Kier alpha value is -1.82. The number of ether oxygens (including phenoxy) is 1. The van der Waals surface area contributed by atoms with Crippen LogP contribution in [0.3, 0.4) is 0 Å². The van der Waals surface area contributed by atoms with E-state index < -0.39 is 0 Å². The molecule has 1 aromatic rings. The second kappa shape index (κ2) is 5.03. The predicted octanol–water partition coefficient (Wildman–Crippen LogP) is 1.30. The van der Waals surface area contributed by atoms with Gasteiger partial charge in [0.2, 0.25) is 0 Å². The number of hydrogen-bond donors (Lipinski definition) is 0. The lowest BCUT2D eigenvalue weighted by molar-refractivity contribution is -0.139. The van der Waals surface area contributed by atoms with E-state index in [-0.39, 0.29) is 12.4 Å². The Balaban J connectivity index is 2.68. The molecule has 0 aliphatic rings. The molecule has 0 atom stereocenters. The van der Waals surface area contributed by atoms with Crippen LogP contribution in [0.1, 0.15) is 17.7 Å². The number of rotatable bonds is 1. The molecule has 0 fully saturated rings. The molecule has 0 aliphatic carbocycles. The van der Waals surface area contributed by atoms with Gasteiger partial charge in [0.15, 0.2) is 0 Å². The summed E-state index contributed by atoms with van der Waals surface area (Å²) < 4.78 is 4.46. The minimum absolute atomic E-state index is 0.104. The molecule has 1 rings (SSSR count). The summed E-state index contributed by atoms with van der Waals surface area (Å²) in [6.45, 7) is 1.93. The number of pyridine rings is 1. The van der Waals surface area contributed by atoms with Crippen LogP contribution in [-0.4, -0.2) is 18.1 Å². The first-order valence-electron chi connectivity index (χ1n) is 4.21. The first-order valence-corrected chi connectivity index (χ1v) is 4.21. The SMILES string of the molecule is COC(=O)CC#Cc1ncccc1C. The number of methoxy groups -OCH3 is 1. The second-order valence-electron chi connectivity index (χ2n) is 2.72. The van der Waals surface area contributed by atoms with Crippen molar-refractivity contribution in [3.63, 3.8) is 0 Å². The zero-order valence-corrected chi connectivity index (χ0v) is 8.20. The molecule has 0 N–H and O–H groups in total. The number of carbonyl (C=O) groups excluding carboxylic acids is 1. The fraction of sp³-hybridized carbons (Fsp3) is 0.273. The minimum Gasteiger partial charge on any atom is -0.468 e. The maximum Gasteiger partial charge on any atom is 0.317 e. The number of aromatic nitrogens is 1. The van der Waals surface area contributed by atoms with Crippen LogP contribution in [0.15, 0.2) is 18.3 Å². The molecule has 0 aromatic carbocycles. The fourth-order valence-corrected chi connectivity index (χ4v) is 0.889. The highest BCUT2D eigenvalue weighted by Crippen LogP contribution is 2.00. The van der Waals surface area contributed by atoms with Gasteiger partial charge in [0, 0.05) is 6.20 Å². The fourth-order valence-electron chi connectivity index (χ4n) is 0.889. The molecule has 0 amide bonds. The van der Waals surface area contributed by atoms with E-state index in [1.807, 2.05) is 19.1 Å². The minimum atomic E-state index is -0.328. The smallest absolute Gasteiger partial charge is 0.317 e. The molecule has 0 bridgehead atoms. The zero-order valence-electron chi connectivity index (χ0n) is 8.20. The van der Waals surface area contributed by atoms with Crippen molar-refractivity contribution in [3.8, 4) is 11.8 Å². The van der Waals surface area contributed by atoms with E-state index in [1.54, 1.807) is 6.20 Å². The van der Waals surface area contributed by atoms with Gasteiger partial charge in [0.1, 0.15) is 12.1 Å². The van der Waals surface area contributed by atoms with Gasteiger partial charge >= 0.3 is 5.97 Å². The van der Waals surface area contributed by atoms with Crippen molar-refractivity contribution in [3.05, 3.63) is 29.6 Å². The van der Waals surface area contributed by atoms with E-state index in [4.69, 9.17) is 0 Å². The molecule has 0 radical (unpaired) electrons. The molecule has 0 saturated heterocycles. The van der Waals surface area contributed by atoms with E-state index in [2.05, 4.69) is 21.6 Å². The summed E-state index contributed by atoms with van der Waals surface area (Å²) >= 11 is 0. The molecule has 14 heavy (non-hydrogen) atoms. The van der Waals surface area contributed by atoms with E-state index in [1.165, 1.54) is 7.11 Å². The van der Waals surface area contributed by atoms with Crippen LogP contribution in [0, 0.1) is 18.8 Å². The highest BCUT2D eigenvalue weighted by Gasteiger charge is 1.95. The highest BCUT2D eigenvalue weighted by atomic mass is 16.5. The standard InChI is InChI=1S/C11H11NO2/c1-9-5-4-8-12-10(9)6-3-7-11(13)14-2/h4-5,8H,7H2,1-2H3. The van der Waals surface area contributed by atoms with Crippen LogP contribution in [-0.2, 0) is 9.53 Å². The Morgan fingerprint density at radius 2 is 2.43 bits per heavy atom. The second-order valence-corrected chi connectivity index (χ2v) is 2.72. The van der Waals surface area contributed by atoms with Gasteiger partial charge in [-0.2, -0.15) is 0 Å². The Morgan fingerprint density at radius 3 is 3.07 bits per heavy atom. The van der Waals surface area contributed by atoms with E-state index >= 15 is 0 Å². The molecular weight excluding hydrogens is 178 g/mol. The molecule has 0 spiro atoms. The number of nitrogens with zero attached hydrogens (tertiary/aromatic N) is 1. The average molecular weight is 189 g/mol. The Labute approximate surface area is 83.1 Å². The maximum atomic E-state index is 10.7. The van der Waals surface area contributed by atoms with Crippen molar-refractivity contribution < 1.29 is 9.53 Å². The molecule has 3 nitrogen and oxygen atoms in total. The summed E-state index contributed by atoms with van der Waals surface area (Å²) in [6.07, 6.45) is 1.78. The van der Waals surface area contributed by atoms with E-state index in [0.717, 1.165) is 5.56 Å². The third-order valence-corrected chi connectivity index (χ3v) is 1.68. The molecule has 0 aliphatic heterocycles. The third kappa shape index (κ3) is 2.91. The van der Waals surface area contributed by atoms with Gasteiger partial charge in [-0.15, -0.1) is 0 Å². The normalized spacial score (nSPS) is 8.71. The topological polar surface area (TPSA) is 39.2 Å². The highest BCUT2D eigenvalue weighted by molar-refractivity contribution is 5.72. The lowest BCUT2D eigenvalue weighted by Crippen LogP contribution is -1.97. The van der Waals surface area contributed by atoms with Crippen molar-refractivity contribution in [2.45, 2.75) is 13.3 Å². The van der Waals surface area contributed by atoms with Gasteiger partial charge < -0.3 is 4.74 Å². The van der Waals surface area contributed by atoms with Gasteiger partial charge in [0.05, 0.1) is 7.11 Å². The molecule has 0 unspecified atom stereocenters. The van der Waals surface area contributed by atoms with Crippen LogP contribution in [0.25, 0.3) is 0 Å². The summed E-state index contributed by atoms with van der Waals surface area (Å²) in [5, 5.41) is 0. The first-order chi connectivity index (χ1) is 6.74. The third-order valence-electron chi connectivity index (χ3n) is 1.68.